The third-order valence-electron chi connectivity index (χ3n) is 5.91. The number of nitrogens with zero attached hydrogens (tertiary/aromatic N) is 5. The SMILES string of the molecule is O=C1NCCN1c1ccc2c(-c3c(-c4ccccn4)nn4c3CCC4)ccnc2c1. The standard InChI is InChI=1S/C23H20N6O/c30-23-26-11-13-28(23)15-6-7-16-17(8-10-25-19(16)14-15)21-20-5-3-12-29(20)27-22(21)18-4-1-2-9-24-18/h1-2,4,6-10,14H,3,5,11-13H2,(H,26,30). The molecule has 2 aliphatic heterocycles. The Balaban J connectivity index is 1.55. The Morgan fingerprint density at radius 1 is 1.00 bits per heavy atom. The lowest BCUT2D eigenvalue weighted by Gasteiger charge is -2.15. The average Bonchev–Trinajstić information content (AvgIpc) is 3.49. The zero-order valence-corrected chi connectivity index (χ0v) is 16.4. The molecule has 0 saturated carbocycles. The van der Waals surface area contributed by atoms with E-state index in [-0.39, 0.29) is 6.03 Å². The van der Waals surface area contributed by atoms with Crippen molar-refractivity contribution in [1.82, 2.24) is 25.1 Å². The molecule has 0 radical (unpaired) electrons. The van der Waals surface area contributed by atoms with Gasteiger partial charge in [0.05, 0.1) is 11.2 Å². The molecule has 7 heteroatoms. The maximum Gasteiger partial charge on any atom is 0.321 e. The minimum atomic E-state index is -0.0580. The van der Waals surface area contributed by atoms with E-state index in [1.165, 1.54) is 5.69 Å². The molecule has 0 spiro atoms. The summed E-state index contributed by atoms with van der Waals surface area (Å²) < 4.78 is 2.12. The van der Waals surface area contributed by atoms with Gasteiger partial charge in [-0.1, -0.05) is 12.1 Å². The van der Waals surface area contributed by atoms with E-state index in [1.807, 2.05) is 42.7 Å². The number of aryl methyl sites for hydroxylation is 1. The fourth-order valence-electron chi connectivity index (χ4n) is 4.54. The number of anilines is 1. The molecule has 1 aromatic carbocycles. The van der Waals surface area contributed by atoms with Crippen molar-refractivity contribution in [3.05, 3.63) is 60.6 Å². The monoisotopic (exact) mass is 396 g/mol. The van der Waals surface area contributed by atoms with Gasteiger partial charge < -0.3 is 5.32 Å². The Bertz CT molecular complexity index is 1280. The van der Waals surface area contributed by atoms with E-state index in [4.69, 9.17) is 5.10 Å². The highest BCUT2D eigenvalue weighted by Crippen LogP contribution is 2.40. The van der Waals surface area contributed by atoms with Gasteiger partial charge in [0.1, 0.15) is 5.69 Å². The molecular weight excluding hydrogens is 376 g/mol. The number of hydrogen-bond donors (Lipinski definition) is 1. The maximum atomic E-state index is 12.1. The maximum absolute atomic E-state index is 12.1. The van der Waals surface area contributed by atoms with Crippen LogP contribution in [0.1, 0.15) is 12.1 Å². The van der Waals surface area contributed by atoms with E-state index >= 15 is 0 Å². The van der Waals surface area contributed by atoms with Gasteiger partial charge in [0.2, 0.25) is 0 Å². The molecule has 0 bridgehead atoms. The summed E-state index contributed by atoms with van der Waals surface area (Å²) in [6, 6.07) is 14.0. The molecule has 3 aromatic heterocycles. The van der Waals surface area contributed by atoms with Crippen molar-refractivity contribution < 1.29 is 4.79 Å². The van der Waals surface area contributed by atoms with Crippen LogP contribution in [0.15, 0.2) is 54.9 Å². The predicted molar refractivity (Wildman–Crippen MR) is 115 cm³/mol. The topological polar surface area (TPSA) is 75.9 Å². The summed E-state index contributed by atoms with van der Waals surface area (Å²) in [5.74, 6) is 0. The first kappa shape index (κ1) is 17.1. The number of fused-ring (bicyclic) bond motifs is 2. The Morgan fingerprint density at radius 3 is 2.80 bits per heavy atom. The first-order valence-electron chi connectivity index (χ1n) is 10.3. The number of urea groups is 1. The lowest BCUT2D eigenvalue weighted by atomic mass is 9.96. The van der Waals surface area contributed by atoms with Gasteiger partial charge in [-0.3, -0.25) is 19.5 Å². The van der Waals surface area contributed by atoms with Crippen molar-refractivity contribution in [2.45, 2.75) is 19.4 Å². The van der Waals surface area contributed by atoms with Crippen molar-refractivity contribution in [3.8, 4) is 22.5 Å². The Kier molecular flexibility index (Phi) is 3.80. The molecule has 0 aliphatic carbocycles. The lowest BCUT2D eigenvalue weighted by Crippen LogP contribution is -2.27. The van der Waals surface area contributed by atoms with Crippen LogP contribution in [0.25, 0.3) is 33.4 Å². The number of pyridine rings is 2. The normalized spacial score (nSPS) is 15.6. The molecule has 7 nitrogen and oxygen atoms in total. The molecule has 4 aromatic rings. The van der Waals surface area contributed by atoms with Crippen LogP contribution in [0.5, 0.6) is 0 Å². The van der Waals surface area contributed by atoms with Gasteiger partial charge in [0, 0.05) is 54.4 Å². The van der Waals surface area contributed by atoms with Crippen molar-refractivity contribution in [2.24, 2.45) is 0 Å². The van der Waals surface area contributed by atoms with Crippen LogP contribution in [0.2, 0.25) is 0 Å². The summed E-state index contributed by atoms with van der Waals surface area (Å²) in [7, 11) is 0. The summed E-state index contributed by atoms with van der Waals surface area (Å²) >= 11 is 0. The number of nitrogens with one attached hydrogen (secondary N) is 1. The first-order valence-corrected chi connectivity index (χ1v) is 10.3. The number of amides is 2. The fourth-order valence-corrected chi connectivity index (χ4v) is 4.54. The van der Waals surface area contributed by atoms with Crippen molar-refractivity contribution in [3.63, 3.8) is 0 Å². The van der Waals surface area contributed by atoms with Gasteiger partial charge in [-0.15, -0.1) is 0 Å². The largest absolute Gasteiger partial charge is 0.336 e. The summed E-state index contributed by atoms with van der Waals surface area (Å²) in [4.78, 5) is 23.0. The molecule has 1 N–H and O–H groups in total. The second kappa shape index (κ2) is 6.66. The number of aromatic nitrogens is 4. The van der Waals surface area contributed by atoms with Gasteiger partial charge in [-0.25, -0.2) is 4.79 Å². The summed E-state index contributed by atoms with van der Waals surface area (Å²) in [5.41, 5.74) is 7.05. The molecule has 1 saturated heterocycles. The highest BCUT2D eigenvalue weighted by molar-refractivity contribution is 6.02. The third kappa shape index (κ3) is 2.58. The predicted octanol–water partition coefficient (Wildman–Crippen LogP) is 3.64. The van der Waals surface area contributed by atoms with E-state index in [2.05, 4.69) is 32.1 Å². The minimum Gasteiger partial charge on any atom is -0.336 e. The number of carbonyl (C=O) groups is 1. The van der Waals surface area contributed by atoms with Crippen LogP contribution in [0.4, 0.5) is 10.5 Å². The summed E-state index contributed by atoms with van der Waals surface area (Å²) in [6.45, 7) is 2.28. The highest BCUT2D eigenvalue weighted by Gasteiger charge is 2.26. The third-order valence-corrected chi connectivity index (χ3v) is 5.91. The average molecular weight is 396 g/mol. The number of carbonyl (C=O) groups excluding carboxylic acids is 1. The molecule has 30 heavy (non-hydrogen) atoms. The van der Waals surface area contributed by atoms with E-state index < -0.39 is 0 Å². The number of rotatable bonds is 3. The Labute approximate surface area is 173 Å². The zero-order valence-electron chi connectivity index (χ0n) is 16.4. The van der Waals surface area contributed by atoms with Gasteiger partial charge in [-0.05, 0) is 48.7 Å². The van der Waals surface area contributed by atoms with E-state index in [1.54, 1.807) is 4.90 Å². The van der Waals surface area contributed by atoms with Gasteiger partial charge in [0.15, 0.2) is 0 Å². The molecule has 0 unspecified atom stereocenters. The summed E-state index contributed by atoms with van der Waals surface area (Å²) in [6.07, 6.45) is 5.76. The van der Waals surface area contributed by atoms with E-state index in [0.29, 0.717) is 13.1 Å². The molecule has 2 amide bonds. The Morgan fingerprint density at radius 2 is 1.97 bits per heavy atom. The second-order valence-corrected chi connectivity index (χ2v) is 7.66. The van der Waals surface area contributed by atoms with Gasteiger partial charge in [-0.2, -0.15) is 5.10 Å². The molecule has 2 aliphatic rings. The molecule has 1 fully saturated rings. The van der Waals surface area contributed by atoms with Crippen LogP contribution in [0.3, 0.4) is 0 Å². The fraction of sp³-hybridized carbons (Fsp3) is 0.217. The van der Waals surface area contributed by atoms with E-state index in [0.717, 1.165) is 58.5 Å². The first-order chi connectivity index (χ1) is 14.8. The molecule has 6 rings (SSSR count). The molecular formula is C23H20N6O. The van der Waals surface area contributed by atoms with Crippen LogP contribution >= 0.6 is 0 Å². The smallest absolute Gasteiger partial charge is 0.321 e. The van der Waals surface area contributed by atoms with Crippen LogP contribution < -0.4 is 10.2 Å². The quantitative estimate of drug-likeness (QED) is 0.574. The number of hydrogen-bond acceptors (Lipinski definition) is 4. The molecule has 5 heterocycles. The Hall–Kier alpha value is -3.74. The summed E-state index contributed by atoms with van der Waals surface area (Å²) in [5, 5.41) is 8.82. The van der Waals surface area contributed by atoms with Gasteiger partial charge >= 0.3 is 6.03 Å². The van der Waals surface area contributed by atoms with E-state index in [9.17, 15) is 4.79 Å². The zero-order chi connectivity index (χ0) is 20.1. The van der Waals surface area contributed by atoms with Gasteiger partial charge in [0.25, 0.3) is 0 Å². The number of benzene rings is 1. The molecule has 148 valence electrons. The molecule has 0 atom stereocenters. The lowest BCUT2D eigenvalue weighted by molar-refractivity contribution is 0.252. The van der Waals surface area contributed by atoms with Crippen molar-refractivity contribution >= 4 is 22.6 Å². The van der Waals surface area contributed by atoms with Crippen LogP contribution in [-0.2, 0) is 13.0 Å². The van der Waals surface area contributed by atoms with Crippen LogP contribution in [-0.4, -0.2) is 38.9 Å². The minimum absolute atomic E-state index is 0.0580. The highest BCUT2D eigenvalue weighted by atomic mass is 16.2. The van der Waals surface area contributed by atoms with Crippen molar-refractivity contribution in [1.29, 1.82) is 0 Å². The van der Waals surface area contributed by atoms with Crippen LogP contribution in [0, 0.1) is 0 Å². The second-order valence-electron chi connectivity index (χ2n) is 7.66. The van der Waals surface area contributed by atoms with Crippen molar-refractivity contribution in [2.75, 3.05) is 18.0 Å².